The van der Waals surface area contributed by atoms with E-state index in [1.807, 2.05) is 49.2 Å². The first-order chi connectivity index (χ1) is 16.0. The lowest BCUT2D eigenvalue weighted by atomic mass is 9.84. The minimum atomic E-state index is -0.301. The van der Waals surface area contributed by atoms with Crippen LogP contribution in [0, 0.1) is 31.6 Å². The summed E-state index contributed by atoms with van der Waals surface area (Å²) < 4.78 is 0. The fourth-order valence-electron chi connectivity index (χ4n) is 3.95. The maximum atomic E-state index is 12.3. The molecule has 0 aliphatic heterocycles. The number of rotatable bonds is 11. The summed E-state index contributed by atoms with van der Waals surface area (Å²) in [5.74, 6) is 1.07. The number of amides is 2. The minimum absolute atomic E-state index is 0.0397. The molecule has 0 atom stereocenters. The van der Waals surface area contributed by atoms with E-state index in [1.54, 1.807) is 12.1 Å². The van der Waals surface area contributed by atoms with Crippen LogP contribution in [0.15, 0.2) is 54.1 Å². The summed E-state index contributed by atoms with van der Waals surface area (Å²) in [5.41, 5.74) is 10.3. The Balaban J connectivity index is 1.74. The summed E-state index contributed by atoms with van der Waals surface area (Å²) in [6.45, 7) is 2.14. The monoisotopic (exact) mass is 443 g/mol. The van der Waals surface area contributed by atoms with E-state index < -0.39 is 0 Å². The number of aromatic hydroxyl groups is 1. The number of allylic oxidation sites excluding steroid dienone is 1. The summed E-state index contributed by atoms with van der Waals surface area (Å²) in [4.78, 5) is 23.0. The van der Waals surface area contributed by atoms with Crippen LogP contribution in [0.3, 0.4) is 0 Å². The lowest BCUT2D eigenvalue weighted by molar-refractivity contribution is -0.118. The van der Waals surface area contributed by atoms with Crippen molar-refractivity contribution in [3.8, 4) is 5.75 Å². The molecule has 5 nitrogen and oxygen atoms in total. The van der Waals surface area contributed by atoms with Crippen LogP contribution in [-0.4, -0.2) is 16.9 Å². The maximum Gasteiger partial charge on any atom is 0.224 e. The van der Waals surface area contributed by atoms with Gasteiger partial charge in [-0.1, -0.05) is 43.2 Å². The number of hydrogen-bond donors (Lipinski definition) is 3. The van der Waals surface area contributed by atoms with Gasteiger partial charge in [-0.25, -0.2) is 0 Å². The highest BCUT2D eigenvalue weighted by molar-refractivity contribution is 5.91. The van der Waals surface area contributed by atoms with Gasteiger partial charge in [0.25, 0.3) is 0 Å². The van der Waals surface area contributed by atoms with E-state index in [2.05, 4.69) is 25.1 Å². The lowest BCUT2D eigenvalue weighted by Crippen LogP contribution is -2.12. The SMILES string of the molecule is CC/C([C]1[CH][CH][CH][CH]1)=C(\c1ccc(O)cc1)c1ccc(NC(=O)CCCCCC(N)=O)cc1. The Kier molecular flexibility index (Phi) is 9.11. The molecule has 1 aliphatic carbocycles. The summed E-state index contributed by atoms with van der Waals surface area (Å²) in [7, 11) is 0. The van der Waals surface area contributed by atoms with Crippen molar-refractivity contribution in [3.63, 3.8) is 0 Å². The van der Waals surface area contributed by atoms with Gasteiger partial charge in [-0.2, -0.15) is 0 Å². The molecule has 0 aromatic heterocycles. The van der Waals surface area contributed by atoms with E-state index >= 15 is 0 Å². The number of phenols is 1. The van der Waals surface area contributed by atoms with Crippen molar-refractivity contribution in [2.45, 2.75) is 45.4 Å². The Hall–Kier alpha value is -3.08. The van der Waals surface area contributed by atoms with Gasteiger partial charge in [-0.05, 0) is 85.9 Å². The van der Waals surface area contributed by atoms with E-state index in [4.69, 9.17) is 5.73 Å². The second-order valence-electron chi connectivity index (χ2n) is 8.08. The summed E-state index contributed by atoms with van der Waals surface area (Å²) in [5, 5.41) is 12.7. The van der Waals surface area contributed by atoms with Crippen molar-refractivity contribution < 1.29 is 14.7 Å². The molecule has 0 saturated heterocycles. The number of nitrogens with one attached hydrogen (secondary N) is 1. The molecular weight excluding hydrogens is 412 g/mol. The Morgan fingerprint density at radius 1 is 0.848 bits per heavy atom. The van der Waals surface area contributed by atoms with E-state index in [0.29, 0.717) is 19.3 Å². The van der Waals surface area contributed by atoms with E-state index in [0.717, 1.165) is 41.6 Å². The predicted molar refractivity (Wildman–Crippen MR) is 132 cm³/mol. The molecule has 2 amide bonds. The third kappa shape index (κ3) is 7.21. The second kappa shape index (κ2) is 12.2. The van der Waals surface area contributed by atoms with Crippen LogP contribution in [0.4, 0.5) is 5.69 Å². The molecule has 2 aromatic carbocycles. The average Bonchev–Trinajstić information content (AvgIpc) is 3.33. The van der Waals surface area contributed by atoms with Crippen LogP contribution in [0.1, 0.15) is 56.6 Å². The van der Waals surface area contributed by atoms with E-state index in [1.165, 1.54) is 11.5 Å². The maximum absolute atomic E-state index is 12.3. The number of nitrogens with two attached hydrogens (primary N) is 1. The number of hydrogen-bond acceptors (Lipinski definition) is 3. The lowest BCUT2D eigenvalue weighted by Gasteiger charge is -2.20. The summed E-state index contributed by atoms with van der Waals surface area (Å²) in [6.07, 6.45) is 12.2. The van der Waals surface area contributed by atoms with Gasteiger partial charge in [0.15, 0.2) is 0 Å². The van der Waals surface area contributed by atoms with Gasteiger partial charge in [-0.3, -0.25) is 9.59 Å². The molecule has 33 heavy (non-hydrogen) atoms. The molecule has 1 aliphatic rings. The number of anilines is 1. The van der Waals surface area contributed by atoms with Gasteiger partial charge in [0.1, 0.15) is 5.75 Å². The van der Waals surface area contributed by atoms with E-state index in [9.17, 15) is 14.7 Å². The highest BCUT2D eigenvalue weighted by atomic mass is 16.3. The number of phenolic OH excluding ortho intramolecular Hbond substituents is 1. The predicted octanol–water partition coefficient (Wildman–Crippen LogP) is 5.38. The van der Waals surface area contributed by atoms with Crippen molar-refractivity contribution in [3.05, 3.63) is 96.8 Å². The van der Waals surface area contributed by atoms with Crippen molar-refractivity contribution in [2.24, 2.45) is 5.73 Å². The van der Waals surface area contributed by atoms with Gasteiger partial charge < -0.3 is 16.2 Å². The zero-order valence-electron chi connectivity index (χ0n) is 19.0. The first kappa shape index (κ1) is 24.6. The van der Waals surface area contributed by atoms with Crippen LogP contribution in [0.25, 0.3) is 5.57 Å². The Labute approximate surface area is 197 Å². The highest BCUT2D eigenvalue weighted by Gasteiger charge is 2.24. The quantitative estimate of drug-likeness (QED) is 0.407. The smallest absolute Gasteiger partial charge is 0.224 e. The van der Waals surface area contributed by atoms with Gasteiger partial charge in [-0.15, -0.1) is 0 Å². The third-order valence-electron chi connectivity index (χ3n) is 5.61. The van der Waals surface area contributed by atoms with Crippen molar-refractivity contribution in [1.29, 1.82) is 0 Å². The Bertz CT molecular complexity index is 956. The van der Waals surface area contributed by atoms with Gasteiger partial charge >= 0.3 is 0 Å². The molecule has 0 unspecified atom stereocenters. The molecule has 2 aromatic rings. The van der Waals surface area contributed by atoms with Crippen LogP contribution in [0.5, 0.6) is 5.75 Å². The van der Waals surface area contributed by atoms with Crippen molar-refractivity contribution in [2.75, 3.05) is 5.32 Å². The number of unbranched alkanes of at least 4 members (excludes halogenated alkanes) is 2. The highest BCUT2D eigenvalue weighted by Crippen LogP contribution is 2.40. The first-order valence-electron chi connectivity index (χ1n) is 11.4. The summed E-state index contributed by atoms with van der Waals surface area (Å²) in [6, 6.07) is 15.1. The standard InChI is InChI=1S/C28H31N2O3/c1-2-25(20-8-6-7-9-20)28(22-14-18-24(31)19-15-22)21-12-16-23(17-13-21)30-27(33)11-5-3-4-10-26(29)32/h6-9,12-19,31H,2-5,10-11H2,1H3,(H2,29,32)(H,30,33)/b28-25+. The number of benzene rings is 2. The molecule has 1 saturated carbocycles. The first-order valence-corrected chi connectivity index (χ1v) is 11.4. The number of carbonyl (C=O) groups is 2. The van der Waals surface area contributed by atoms with Gasteiger partial charge in [0, 0.05) is 24.4 Å². The average molecular weight is 444 g/mol. The summed E-state index contributed by atoms with van der Waals surface area (Å²) >= 11 is 0. The molecule has 0 heterocycles. The fourth-order valence-corrected chi connectivity index (χ4v) is 3.95. The third-order valence-corrected chi connectivity index (χ3v) is 5.61. The molecule has 0 bridgehead atoms. The van der Waals surface area contributed by atoms with Crippen molar-refractivity contribution >= 4 is 23.1 Å². The normalized spacial score (nSPS) is 14.7. The fraction of sp³-hybridized carbons (Fsp3) is 0.250. The zero-order chi connectivity index (χ0) is 23.6. The zero-order valence-corrected chi connectivity index (χ0v) is 19.0. The molecule has 5 heteroatoms. The minimum Gasteiger partial charge on any atom is -0.508 e. The second-order valence-corrected chi connectivity index (χ2v) is 8.08. The number of carbonyl (C=O) groups excluding carboxylic acids is 2. The molecule has 4 N–H and O–H groups in total. The van der Waals surface area contributed by atoms with Gasteiger partial charge in [0.2, 0.25) is 11.8 Å². The van der Waals surface area contributed by atoms with Crippen LogP contribution >= 0.6 is 0 Å². The van der Waals surface area contributed by atoms with E-state index in [-0.39, 0.29) is 17.6 Å². The molecular formula is C28H31N2O3. The Morgan fingerprint density at radius 3 is 2.00 bits per heavy atom. The largest absolute Gasteiger partial charge is 0.508 e. The van der Waals surface area contributed by atoms with Crippen molar-refractivity contribution in [1.82, 2.24) is 0 Å². The number of primary amides is 1. The van der Waals surface area contributed by atoms with Crippen LogP contribution < -0.4 is 11.1 Å². The molecule has 0 spiro atoms. The molecule has 171 valence electrons. The molecule has 5 radical (unpaired) electrons. The van der Waals surface area contributed by atoms with Crippen LogP contribution in [-0.2, 0) is 9.59 Å². The molecule has 3 rings (SSSR count). The topological polar surface area (TPSA) is 92.4 Å². The van der Waals surface area contributed by atoms with Gasteiger partial charge in [0.05, 0.1) is 0 Å². The molecule has 1 fully saturated rings. The van der Waals surface area contributed by atoms with Crippen LogP contribution in [0.2, 0.25) is 0 Å². The Morgan fingerprint density at radius 2 is 1.42 bits per heavy atom.